The number of amides is 3. The SMILES string of the molecule is Cc1cnccc1-c1ccc([C@H](CO)NC(=O)[C@@H]2C[C@@H](O)CN2C(=O)[C@H](C(C)C)n2cc(-c3ccc(COc4c(-c5c(C)c(F)cc6nn(C(c7ccccc7)(c7ccccc7)c7ccccc7)cc56)c(C5CC5)cc5c(N6C[C@@H]7C[C@H]6CN7C(=O)OC(C)(C)C)nc(OC6CCOCC6)nc45)cc3)nn2)cc1. The molecule has 4 saturated heterocycles. The highest BCUT2D eigenvalue weighted by atomic mass is 19.1. The van der Waals surface area contributed by atoms with E-state index in [0.717, 1.165) is 62.7 Å². The van der Waals surface area contributed by atoms with Gasteiger partial charge in [0, 0.05) is 91.0 Å². The number of β-amino-alcohol motifs (C(OH)–C–C–N with tert-alkyl or cyclic N) is 1. The van der Waals surface area contributed by atoms with Crippen LogP contribution in [0.5, 0.6) is 11.8 Å². The molecule has 3 amide bonds. The Morgan fingerprint density at radius 2 is 1.42 bits per heavy atom. The van der Waals surface area contributed by atoms with Gasteiger partial charge in [-0.2, -0.15) is 15.1 Å². The summed E-state index contributed by atoms with van der Waals surface area (Å²) in [4.78, 5) is 63.5. The summed E-state index contributed by atoms with van der Waals surface area (Å²) in [5.74, 6) is -0.503. The smallest absolute Gasteiger partial charge is 0.410 e. The Morgan fingerprint density at radius 1 is 0.741 bits per heavy atom. The van der Waals surface area contributed by atoms with E-state index in [2.05, 4.69) is 74.2 Å². The number of nitrogens with one attached hydrogen (secondary N) is 1. The third-order valence-corrected chi connectivity index (χ3v) is 22.0. The number of aromatic nitrogens is 8. The number of carbonyl (C=O) groups is 3. The number of carbonyl (C=O) groups excluding carboxylic acids is 3. The number of ether oxygens (including phenoxy) is 4. The number of aliphatic hydroxyl groups is 2. The topological polar surface area (TPSA) is 238 Å². The number of anilines is 1. The minimum atomic E-state index is -1.03. The Hall–Kier alpha value is -10.9. The van der Waals surface area contributed by atoms with Crippen molar-refractivity contribution in [3.8, 4) is 45.3 Å². The predicted molar refractivity (Wildman–Crippen MR) is 409 cm³/mol. The van der Waals surface area contributed by atoms with Crippen LogP contribution < -0.4 is 19.7 Å². The van der Waals surface area contributed by atoms with Crippen LogP contribution in [-0.2, 0) is 31.2 Å². The Labute approximate surface area is 626 Å². The first-order valence-corrected chi connectivity index (χ1v) is 37.6. The summed E-state index contributed by atoms with van der Waals surface area (Å²) in [6, 6.07) is 49.2. The fraction of sp³-hybridized carbons (Fsp3) is 0.360. The van der Waals surface area contributed by atoms with Gasteiger partial charge in [-0.25, -0.2) is 13.9 Å². The second-order valence-corrected chi connectivity index (χ2v) is 30.8. The first kappa shape index (κ1) is 71.3. The molecule has 16 rings (SSSR count). The van der Waals surface area contributed by atoms with Crippen molar-refractivity contribution in [2.75, 3.05) is 44.4 Å². The summed E-state index contributed by atoms with van der Waals surface area (Å²) in [5.41, 5.74) is 10.5. The molecule has 8 heterocycles. The van der Waals surface area contributed by atoms with Crippen LogP contribution in [0.1, 0.15) is 136 Å². The van der Waals surface area contributed by atoms with E-state index in [4.69, 9.17) is 34.0 Å². The average molecular weight is 1450 g/mol. The summed E-state index contributed by atoms with van der Waals surface area (Å²) in [5, 5.41) is 40.8. The molecule has 7 aromatic carbocycles. The van der Waals surface area contributed by atoms with Crippen LogP contribution in [-0.4, -0.2) is 153 Å². The van der Waals surface area contributed by atoms with E-state index in [-0.39, 0.29) is 68.3 Å². The molecule has 1 aliphatic carbocycles. The Morgan fingerprint density at radius 3 is 2.04 bits per heavy atom. The number of hydrogen-bond acceptors (Lipinski definition) is 16. The maximum absolute atomic E-state index is 17.7. The van der Waals surface area contributed by atoms with Gasteiger partial charge < -0.3 is 49.2 Å². The number of aryl methyl sites for hydroxylation is 1. The highest BCUT2D eigenvalue weighted by Gasteiger charge is 2.49. The number of benzene rings is 7. The summed E-state index contributed by atoms with van der Waals surface area (Å²) >= 11 is 0. The van der Waals surface area contributed by atoms with Gasteiger partial charge in [-0.05, 0) is 133 Å². The Bertz CT molecular complexity index is 5050. The number of fused-ring (bicyclic) bond motifs is 4. The zero-order valence-corrected chi connectivity index (χ0v) is 61.8. The number of pyridine rings is 1. The molecule has 4 aliphatic heterocycles. The molecule has 11 aromatic rings. The van der Waals surface area contributed by atoms with Crippen LogP contribution in [0.3, 0.4) is 0 Å². The normalized spacial score (nSPS) is 18.8. The van der Waals surface area contributed by atoms with Gasteiger partial charge in [-0.15, -0.1) is 5.10 Å². The summed E-state index contributed by atoms with van der Waals surface area (Å²) in [6.07, 6.45) is 9.55. The van der Waals surface area contributed by atoms with Crippen LogP contribution in [0, 0.1) is 25.6 Å². The number of nitrogens with zero attached hydrogens (tertiary/aromatic N) is 11. The molecule has 0 radical (unpaired) electrons. The highest BCUT2D eigenvalue weighted by molar-refractivity contribution is 6.06. The maximum atomic E-state index is 17.7. The number of likely N-dealkylation sites (tertiary alicyclic amines) is 2. The number of rotatable bonds is 21. The molecule has 5 aliphatic rings. The Balaban J connectivity index is 0.766. The first-order valence-electron chi connectivity index (χ1n) is 37.6. The fourth-order valence-corrected chi connectivity index (χ4v) is 16.5. The predicted octanol–water partition coefficient (Wildman–Crippen LogP) is 13.8. The van der Waals surface area contributed by atoms with Crippen LogP contribution in [0.4, 0.5) is 15.0 Å². The van der Waals surface area contributed by atoms with Crippen LogP contribution in [0.15, 0.2) is 183 Å². The molecule has 22 heteroatoms. The lowest BCUT2D eigenvalue weighted by molar-refractivity contribution is -0.142. The molecule has 554 valence electrons. The number of aliphatic hydroxyl groups excluding tert-OH is 2. The van der Waals surface area contributed by atoms with Crippen LogP contribution in [0.2, 0.25) is 0 Å². The second kappa shape index (κ2) is 29.3. The van der Waals surface area contributed by atoms with E-state index >= 15 is 4.39 Å². The summed E-state index contributed by atoms with van der Waals surface area (Å²) in [6.45, 7) is 14.8. The summed E-state index contributed by atoms with van der Waals surface area (Å²) in [7, 11) is 0. The minimum Gasteiger partial charge on any atom is -0.486 e. The van der Waals surface area contributed by atoms with Crippen molar-refractivity contribution >= 4 is 45.5 Å². The second-order valence-electron chi connectivity index (χ2n) is 30.8. The largest absolute Gasteiger partial charge is 0.486 e. The molecule has 108 heavy (non-hydrogen) atoms. The fourth-order valence-electron chi connectivity index (χ4n) is 16.5. The van der Waals surface area contributed by atoms with E-state index in [1.54, 1.807) is 18.6 Å². The van der Waals surface area contributed by atoms with Gasteiger partial charge >= 0.3 is 12.1 Å². The van der Waals surface area contributed by atoms with Crippen molar-refractivity contribution in [3.63, 3.8) is 0 Å². The lowest BCUT2D eigenvalue weighted by atomic mass is 9.77. The maximum Gasteiger partial charge on any atom is 0.410 e. The van der Waals surface area contributed by atoms with E-state index in [9.17, 15) is 24.6 Å². The van der Waals surface area contributed by atoms with Gasteiger partial charge in [0.1, 0.15) is 58.8 Å². The van der Waals surface area contributed by atoms with Gasteiger partial charge in [-0.3, -0.25) is 19.3 Å². The van der Waals surface area contributed by atoms with Gasteiger partial charge in [0.25, 0.3) is 0 Å². The van der Waals surface area contributed by atoms with Gasteiger partial charge in [0.2, 0.25) is 11.8 Å². The van der Waals surface area contributed by atoms with Gasteiger partial charge in [-0.1, -0.05) is 159 Å². The van der Waals surface area contributed by atoms with Crippen molar-refractivity contribution < 1.29 is 47.9 Å². The monoisotopic (exact) mass is 1450 g/mol. The molecular weight excluding hydrogens is 1360 g/mol. The van der Waals surface area contributed by atoms with E-state index in [1.165, 1.54) is 15.6 Å². The molecule has 21 nitrogen and oxygen atoms in total. The molecule has 6 atom stereocenters. The first-order chi connectivity index (χ1) is 52.3. The van der Waals surface area contributed by atoms with Crippen LogP contribution >= 0.6 is 0 Å². The summed E-state index contributed by atoms with van der Waals surface area (Å²) < 4.78 is 47.4. The quantitative estimate of drug-likeness (QED) is 0.0567. The van der Waals surface area contributed by atoms with E-state index in [1.807, 2.05) is 167 Å². The average Bonchev–Trinajstić information content (AvgIpc) is 1.50. The van der Waals surface area contributed by atoms with Gasteiger partial charge in [0.15, 0.2) is 5.75 Å². The third-order valence-electron chi connectivity index (χ3n) is 22.0. The van der Waals surface area contributed by atoms with Crippen LogP contribution in [0.25, 0.3) is 55.3 Å². The van der Waals surface area contributed by atoms with Crippen molar-refractivity contribution in [3.05, 3.63) is 233 Å². The number of halogens is 1. The molecule has 2 bridgehead atoms. The molecule has 1 saturated carbocycles. The number of piperazine rings is 1. The molecule has 3 N–H and O–H groups in total. The Kier molecular flexibility index (Phi) is 19.4. The van der Waals surface area contributed by atoms with Crippen molar-refractivity contribution in [2.24, 2.45) is 5.92 Å². The minimum absolute atomic E-state index is 0.0149. The zero-order valence-electron chi connectivity index (χ0n) is 61.8. The lowest BCUT2D eigenvalue weighted by Crippen LogP contribution is -2.50. The standard InChI is InChI=1S/C86H89FN12O9/c1-51(2)78(82(103)97-46-64(101)40-74(97)81(102)89-73(49-100)58-31-29-55(30-32-58)66-33-36-88-43-52(66)3)98-48-72(92-94-98)57-25-23-54(24-26-57)50-106-79-76(75-53(4)70(87)42-71-69(75)47-99(93-71)86(59-17-11-8-12-18-59,60-19-13-9-14-20-60)61-21-15-10-16-22-61)67(56-27-28-56)41-68-77(79)90-83(107-65-34-37-105-38-35-65)91-80(68)95-44-63-39-62(95)45-96(63)84(104)108-85(5,6)7/h8-26,29-33,36,41-43,47-48,51,56,62-65,73-74,78,100-101H,27-28,34-35,37-40,44-46,49-50H2,1-7H3,(H,89,102)/t62-,63-,64+,73-,74-,78-/m0/s1. The van der Waals surface area contributed by atoms with Gasteiger partial charge in [0.05, 0.1) is 55.8 Å². The van der Waals surface area contributed by atoms with E-state index < -0.39 is 53.0 Å². The third kappa shape index (κ3) is 13.7. The lowest BCUT2D eigenvalue weighted by Gasteiger charge is -2.36. The zero-order chi connectivity index (χ0) is 74.7. The van der Waals surface area contributed by atoms with Crippen molar-refractivity contribution in [2.45, 2.75) is 153 Å². The molecule has 0 unspecified atom stereocenters. The molecule has 4 aromatic heterocycles. The van der Waals surface area contributed by atoms with Crippen molar-refractivity contribution in [1.29, 1.82) is 0 Å². The highest BCUT2D eigenvalue weighted by Crippen LogP contribution is 2.55. The number of hydrogen-bond donors (Lipinski definition) is 3. The van der Waals surface area contributed by atoms with Crippen molar-refractivity contribution in [1.82, 2.24) is 54.8 Å². The molecule has 5 fully saturated rings. The molecule has 0 spiro atoms. The molecular formula is C86H89FN12O9. The van der Waals surface area contributed by atoms with E-state index in [0.29, 0.717) is 107 Å².